The fourth-order valence-electron chi connectivity index (χ4n) is 2.27. The van der Waals surface area contributed by atoms with Crippen molar-refractivity contribution in [3.05, 3.63) is 28.0 Å². The van der Waals surface area contributed by atoms with Crippen molar-refractivity contribution in [2.45, 2.75) is 38.8 Å². The Morgan fingerprint density at radius 1 is 1.25 bits per heavy atom. The molecule has 1 heterocycles. The van der Waals surface area contributed by atoms with Gasteiger partial charge in [-0.1, -0.05) is 23.2 Å². The van der Waals surface area contributed by atoms with Gasteiger partial charge >= 0.3 is 0 Å². The van der Waals surface area contributed by atoms with E-state index >= 15 is 0 Å². The molecule has 110 valence electrons. The Morgan fingerprint density at radius 3 is 2.50 bits per heavy atom. The number of hydrogen-bond acceptors (Lipinski definition) is 2. The monoisotopic (exact) mass is 334 g/mol. The lowest BCUT2D eigenvalue weighted by Gasteiger charge is -2.26. The Kier molecular flexibility index (Phi) is 4.85. The predicted molar refractivity (Wildman–Crippen MR) is 85.0 cm³/mol. The third-order valence-electron chi connectivity index (χ3n) is 3.06. The van der Waals surface area contributed by atoms with Gasteiger partial charge in [0.15, 0.2) is 0 Å². The molecule has 0 N–H and O–H groups in total. The van der Waals surface area contributed by atoms with E-state index in [9.17, 15) is 0 Å². The van der Waals surface area contributed by atoms with Gasteiger partial charge in [-0.2, -0.15) is 0 Å². The fraction of sp³-hybridized carbons (Fsp3) is 0.500. The summed E-state index contributed by atoms with van der Waals surface area (Å²) in [5.74, 6) is 1.11. The Balaban J connectivity index is 2.53. The van der Waals surface area contributed by atoms with Crippen LogP contribution in [0, 0.1) is 0 Å². The number of ether oxygens (including phenoxy) is 1. The minimum Gasteiger partial charge on any atom is -0.374 e. The maximum Gasteiger partial charge on any atom is 0.124 e. The summed E-state index contributed by atoms with van der Waals surface area (Å²) < 4.78 is 7.80. The van der Waals surface area contributed by atoms with Crippen LogP contribution in [0.1, 0.15) is 26.6 Å². The minimum atomic E-state index is -0.310. The lowest BCUT2D eigenvalue weighted by molar-refractivity contribution is -0.0220. The van der Waals surface area contributed by atoms with E-state index in [1.165, 1.54) is 0 Å². The standard InChI is InChI=1S/C14H17Cl3N2O/c1-4-20-14(2,3)8-19-12-6-10(17)9(16)5-11(12)18-13(19)7-15/h5-6H,4,7-8H2,1-3H3. The molecule has 0 aliphatic carbocycles. The van der Waals surface area contributed by atoms with Gasteiger partial charge in [-0.05, 0) is 32.9 Å². The van der Waals surface area contributed by atoms with Gasteiger partial charge in [-0.15, -0.1) is 11.6 Å². The first-order valence-electron chi connectivity index (χ1n) is 6.42. The quantitative estimate of drug-likeness (QED) is 0.727. The van der Waals surface area contributed by atoms with E-state index < -0.39 is 0 Å². The molecule has 2 rings (SSSR count). The molecule has 0 bridgehead atoms. The first-order valence-corrected chi connectivity index (χ1v) is 7.71. The van der Waals surface area contributed by atoms with Crippen LogP contribution in [-0.4, -0.2) is 21.8 Å². The highest BCUT2D eigenvalue weighted by atomic mass is 35.5. The SMILES string of the molecule is CCOC(C)(C)Cn1c(CCl)nc2cc(Cl)c(Cl)cc21. The normalized spacial score (nSPS) is 12.3. The van der Waals surface area contributed by atoms with Gasteiger partial charge in [0.05, 0.1) is 39.1 Å². The summed E-state index contributed by atoms with van der Waals surface area (Å²) in [5.41, 5.74) is 1.40. The number of fused-ring (bicyclic) bond motifs is 1. The van der Waals surface area contributed by atoms with Gasteiger partial charge in [0.1, 0.15) is 5.82 Å². The van der Waals surface area contributed by atoms with Gasteiger partial charge in [0.2, 0.25) is 0 Å². The summed E-state index contributed by atoms with van der Waals surface area (Å²) in [6, 6.07) is 3.59. The fourth-order valence-corrected chi connectivity index (χ4v) is 2.79. The molecule has 0 fully saturated rings. The number of rotatable bonds is 5. The first kappa shape index (κ1) is 15.9. The number of halogens is 3. The topological polar surface area (TPSA) is 27.1 Å². The molecule has 1 aromatic heterocycles. The van der Waals surface area contributed by atoms with Crippen LogP contribution in [0.15, 0.2) is 12.1 Å². The molecule has 1 aromatic carbocycles. The minimum absolute atomic E-state index is 0.310. The number of hydrogen-bond donors (Lipinski definition) is 0. The van der Waals surface area contributed by atoms with Crippen LogP contribution in [0.25, 0.3) is 11.0 Å². The highest BCUT2D eigenvalue weighted by Crippen LogP contribution is 2.30. The Bertz CT molecular complexity index is 622. The van der Waals surface area contributed by atoms with Crippen LogP contribution in [0.3, 0.4) is 0 Å². The molecule has 2 aromatic rings. The van der Waals surface area contributed by atoms with Crippen LogP contribution in [0.2, 0.25) is 10.0 Å². The second-order valence-electron chi connectivity index (χ2n) is 5.20. The summed E-state index contributed by atoms with van der Waals surface area (Å²) in [6.45, 7) is 7.36. The Morgan fingerprint density at radius 2 is 1.90 bits per heavy atom. The van der Waals surface area contributed by atoms with Gasteiger partial charge in [0, 0.05) is 6.61 Å². The maximum atomic E-state index is 6.11. The van der Waals surface area contributed by atoms with Crippen LogP contribution >= 0.6 is 34.8 Å². The van der Waals surface area contributed by atoms with E-state index in [1.54, 1.807) is 6.07 Å². The van der Waals surface area contributed by atoms with Crippen molar-refractivity contribution in [2.24, 2.45) is 0 Å². The maximum absolute atomic E-state index is 6.11. The molecule has 0 aliphatic rings. The highest BCUT2D eigenvalue weighted by Gasteiger charge is 2.22. The van der Waals surface area contributed by atoms with E-state index in [0.717, 1.165) is 16.9 Å². The number of alkyl halides is 1. The summed E-state index contributed by atoms with van der Waals surface area (Å²) in [6.07, 6.45) is 0. The van der Waals surface area contributed by atoms with Crippen LogP contribution in [0.4, 0.5) is 0 Å². The van der Waals surface area contributed by atoms with E-state index in [2.05, 4.69) is 4.98 Å². The molecule has 0 saturated heterocycles. The molecule has 0 atom stereocenters. The first-order chi connectivity index (χ1) is 9.38. The summed E-state index contributed by atoms with van der Waals surface area (Å²) in [7, 11) is 0. The molecule has 0 unspecified atom stereocenters. The van der Waals surface area contributed by atoms with Crippen molar-refractivity contribution in [1.82, 2.24) is 9.55 Å². The number of aromatic nitrogens is 2. The molecule has 0 saturated carbocycles. The summed E-state index contributed by atoms with van der Waals surface area (Å²) >= 11 is 18.1. The van der Waals surface area contributed by atoms with Crippen LogP contribution in [0.5, 0.6) is 0 Å². The molecular formula is C14H17Cl3N2O. The van der Waals surface area contributed by atoms with Crippen molar-refractivity contribution in [1.29, 1.82) is 0 Å². The summed E-state index contributed by atoms with van der Waals surface area (Å²) in [4.78, 5) is 4.51. The van der Waals surface area contributed by atoms with Crippen molar-refractivity contribution in [3.63, 3.8) is 0 Å². The van der Waals surface area contributed by atoms with Crippen LogP contribution in [-0.2, 0) is 17.2 Å². The summed E-state index contributed by atoms with van der Waals surface area (Å²) in [5, 5.41) is 1.00. The van der Waals surface area contributed by atoms with E-state index in [1.807, 2.05) is 31.4 Å². The largest absolute Gasteiger partial charge is 0.374 e. The molecule has 3 nitrogen and oxygen atoms in total. The second-order valence-corrected chi connectivity index (χ2v) is 6.28. The zero-order chi connectivity index (χ0) is 14.9. The van der Waals surface area contributed by atoms with Crippen molar-refractivity contribution in [3.8, 4) is 0 Å². The average Bonchev–Trinajstić information content (AvgIpc) is 2.67. The van der Waals surface area contributed by atoms with E-state index in [-0.39, 0.29) is 5.60 Å². The van der Waals surface area contributed by atoms with Crippen molar-refractivity contribution >= 4 is 45.8 Å². The molecule has 0 spiro atoms. The highest BCUT2D eigenvalue weighted by molar-refractivity contribution is 6.42. The Labute approximate surface area is 133 Å². The molecule has 20 heavy (non-hydrogen) atoms. The van der Waals surface area contributed by atoms with Gasteiger partial charge in [-0.25, -0.2) is 4.98 Å². The Hall–Kier alpha value is -0.480. The van der Waals surface area contributed by atoms with Gasteiger partial charge in [0.25, 0.3) is 0 Å². The van der Waals surface area contributed by atoms with E-state index in [4.69, 9.17) is 39.5 Å². The molecule has 0 radical (unpaired) electrons. The number of imidazole rings is 1. The van der Waals surface area contributed by atoms with Gasteiger partial charge < -0.3 is 9.30 Å². The lowest BCUT2D eigenvalue weighted by atomic mass is 10.1. The second kappa shape index (κ2) is 6.10. The molecule has 0 aliphatic heterocycles. The number of benzene rings is 1. The van der Waals surface area contributed by atoms with Crippen LogP contribution < -0.4 is 0 Å². The smallest absolute Gasteiger partial charge is 0.124 e. The molecule has 0 amide bonds. The molecule has 6 heteroatoms. The lowest BCUT2D eigenvalue weighted by Crippen LogP contribution is -2.31. The third-order valence-corrected chi connectivity index (χ3v) is 4.02. The molecular weight excluding hydrogens is 319 g/mol. The zero-order valence-electron chi connectivity index (χ0n) is 11.7. The zero-order valence-corrected chi connectivity index (χ0v) is 14.0. The van der Waals surface area contributed by atoms with Crippen molar-refractivity contribution < 1.29 is 4.74 Å². The van der Waals surface area contributed by atoms with E-state index in [0.29, 0.717) is 29.1 Å². The average molecular weight is 336 g/mol. The van der Waals surface area contributed by atoms with Crippen molar-refractivity contribution in [2.75, 3.05) is 6.61 Å². The van der Waals surface area contributed by atoms with Gasteiger partial charge in [-0.3, -0.25) is 0 Å². The predicted octanol–water partition coefficient (Wildman–Crippen LogP) is 4.90. The third kappa shape index (κ3) is 3.22. The number of nitrogens with zero attached hydrogens (tertiary/aromatic N) is 2.